The molecule has 3 heteroatoms. The lowest BCUT2D eigenvalue weighted by atomic mass is 9.94. The summed E-state index contributed by atoms with van der Waals surface area (Å²) in [6.45, 7) is 3.58. The van der Waals surface area contributed by atoms with Crippen LogP contribution >= 0.6 is 0 Å². The zero-order valence-electron chi connectivity index (χ0n) is 13.7. The third-order valence-electron chi connectivity index (χ3n) is 5.51. The Morgan fingerprint density at radius 1 is 1.04 bits per heavy atom. The van der Waals surface area contributed by atoms with Gasteiger partial charge in [0.2, 0.25) is 0 Å². The van der Waals surface area contributed by atoms with Gasteiger partial charge in [0, 0.05) is 29.7 Å². The second-order valence-electron chi connectivity index (χ2n) is 6.93. The van der Waals surface area contributed by atoms with Crippen molar-refractivity contribution in [1.29, 1.82) is 0 Å². The number of nitrogens with zero attached hydrogens (tertiary/aromatic N) is 2. The minimum absolute atomic E-state index is 0.707. The van der Waals surface area contributed by atoms with Crippen LogP contribution in [0.2, 0.25) is 0 Å². The van der Waals surface area contributed by atoms with Crippen LogP contribution in [0.15, 0.2) is 42.6 Å². The van der Waals surface area contributed by atoms with E-state index in [1.165, 1.54) is 53.7 Å². The number of benzene rings is 1. The number of aromatic nitrogens is 2. The van der Waals surface area contributed by atoms with Gasteiger partial charge < -0.3 is 4.98 Å². The van der Waals surface area contributed by atoms with Gasteiger partial charge in [-0.3, -0.25) is 9.88 Å². The summed E-state index contributed by atoms with van der Waals surface area (Å²) in [4.78, 5) is 10.8. The van der Waals surface area contributed by atoms with E-state index >= 15 is 0 Å². The number of para-hydroxylation sites is 1. The maximum atomic E-state index is 4.38. The van der Waals surface area contributed by atoms with E-state index in [0.717, 1.165) is 12.2 Å². The summed E-state index contributed by atoms with van der Waals surface area (Å²) < 4.78 is 0. The molecule has 1 fully saturated rings. The Morgan fingerprint density at radius 3 is 2.79 bits per heavy atom. The summed E-state index contributed by atoms with van der Waals surface area (Å²) in [6.07, 6.45) is 8.69. The van der Waals surface area contributed by atoms with Crippen LogP contribution in [0.4, 0.5) is 0 Å². The number of hydrogen-bond acceptors (Lipinski definition) is 2. The van der Waals surface area contributed by atoms with Crippen LogP contribution in [0.5, 0.6) is 0 Å². The van der Waals surface area contributed by atoms with Crippen LogP contribution in [0.3, 0.4) is 0 Å². The Morgan fingerprint density at radius 2 is 1.96 bits per heavy atom. The van der Waals surface area contributed by atoms with Gasteiger partial charge in [0.15, 0.2) is 0 Å². The fourth-order valence-corrected chi connectivity index (χ4v) is 4.23. The molecule has 0 amide bonds. The number of hydrogen-bond donors (Lipinski definition) is 1. The van der Waals surface area contributed by atoms with Crippen molar-refractivity contribution in [3.05, 3.63) is 65.1 Å². The Labute approximate surface area is 142 Å². The minimum Gasteiger partial charge on any atom is -0.357 e. The Hall–Kier alpha value is -2.39. The van der Waals surface area contributed by atoms with Gasteiger partial charge in [-0.15, -0.1) is 0 Å². The van der Waals surface area contributed by atoms with E-state index in [1.54, 1.807) is 0 Å². The molecule has 0 saturated carbocycles. The summed E-state index contributed by atoms with van der Waals surface area (Å²) in [6, 6.07) is 12.6. The first-order chi connectivity index (χ1) is 11.9. The molecule has 24 heavy (non-hydrogen) atoms. The van der Waals surface area contributed by atoms with Crippen molar-refractivity contribution >= 4 is 23.1 Å². The van der Waals surface area contributed by atoms with Gasteiger partial charge in [-0.05, 0) is 55.3 Å². The van der Waals surface area contributed by atoms with Crippen molar-refractivity contribution in [3.63, 3.8) is 0 Å². The van der Waals surface area contributed by atoms with E-state index in [9.17, 15) is 0 Å². The molecule has 0 unspecified atom stereocenters. The monoisotopic (exact) mass is 315 g/mol. The fraction of sp³-hybridized carbons (Fsp3) is 0.286. The van der Waals surface area contributed by atoms with Gasteiger partial charge in [0.05, 0.1) is 11.2 Å². The highest BCUT2D eigenvalue weighted by atomic mass is 15.1. The van der Waals surface area contributed by atoms with Crippen LogP contribution in [-0.4, -0.2) is 28.0 Å². The molecule has 120 valence electrons. The van der Waals surface area contributed by atoms with Crippen LogP contribution < -0.4 is 0 Å². The average molecular weight is 315 g/mol. The second kappa shape index (κ2) is 5.60. The first kappa shape index (κ1) is 14.0. The largest absolute Gasteiger partial charge is 0.357 e. The molecule has 0 atom stereocenters. The molecule has 5 heterocycles. The topological polar surface area (TPSA) is 31.9 Å². The summed E-state index contributed by atoms with van der Waals surface area (Å²) in [7, 11) is 0. The number of aromatic amines is 1. The normalized spacial score (nSPS) is 22.8. The van der Waals surface area contributed by atoms with Crippen molar-refractivity contribution in [2.45, 2.75) is 25.3 Å². The fourth-order valence-electron chi connectivity index (χ4n) is 4.23. The number of rotatable bonds is 2. The molecule has 2 aromatic heterocycles. The molecule has 3 aliphatic heterocycles. The summed E-state index contributed by atoms with van der Waals surface area (Å²) in [5.74, 6) is 0.707. The average Bonchev–Trinajstić information content (AvgIpc) is 2.81. The van der Waals surface area contributed by atoms with Crippen molar-refractivity contribution in [3.8, 4) is 0 Å². The molecule has 3 aliphatic rings. The van der Waals surface area contributed by atoms with Gasteiger partial charge in [0.25, 0.3) is 0 Å². The van der Waals surface area contributed by atoms with Crippen LogP contribution in [0.25, 0.3) is 23.1 Å². The highest BCUT2D eigenvalue weighted by molar-refractivity contribution is 5.93. The zero-order valence-corrected chi connectivity index (χ0v) is 13.7. The van der Waals surface area contributed by atoms with E-state index in [-0.39, 0.29) is 0 Å². The third-order valence-corrected chi connectivity index (χ3v) is 5.51. The number of piperidine rings is 1. The standard InChI is InChI=1S/C21H21N3/c1-2-11-22-17(5-1)8-7-15-4-3-6-18-19-14-24-12-9-16(10-13-24)21(19)23-20(15)18/h1-8,11,16,23H,9-10,12-14H2/b8-7+. The SMILES string of the molecule is C(=C\c1cccc2c3c([nH]c12)C1CCN(CC1)C3)/c1ccccn1. The van der Waals surface area contributed by atoms with E-state index in [4.69, 9.17) is 0 Å². The molecule has 3 aromatic rings. The van der Waals surface area contributed by atoms with Gasteiger partial charge in [-0.25, -0.2) is 0 Å². The lowest BCUT2D eigenvalue weighted by Crippen LogP contribution is -2.29. The van der Waals surface area contributed by atoms with Crippen molar-refractivity contribution in [1.82, 2.24) is 14.9 Å². The van der Waals surface area contributed by atoms with Gasteiger partial charge in [0.1, 0.15) is 0 Å². The lowest BCUT2D eigenvalue weighted by Gasteiger charge is -2.26. The predicted molar refractivity (Wildman–Crippen MR) is 98.7 cm³/mol. The molecule has 3 nitrogen and oxygen atoms in total. The number of pyridine rings is 1. The smallest absolute Gasteiger partial charge is 0.0629 e. The molecular weight excluding hydrogens is 294 g/mol. The number of H-pyrrole nitrogens is 1. The van der Waals surface area contributed by atoms with Gasteiger partial charge in [-0.1, -0.05) is 30.3 Å². The molecule has 1 saturated heterocycles. The maximum Gasteiger partial charge on any atom is 0.0629 e. The first-order valence-corrected chi connectivity index (χ1v) is 8.83. The molecule has 0 aliphatic carbocycles. The zero-order chi connectivity index (χ0) is 15.9. The lowest BCUT2D eigenvalue weighted by molar-refractivity contribution is 0.220. The summed E-state index contributed by atoms with van der Waals surface area (Å²) >= 11 is 0. The van der Waals surface area contributed by atoms with Crippen molar-refractivity contribution in [2.75, 3.05) is 13.1 Å². The van der Waals surface area contributed by atoms with E-state index < -0.39 is 0 Å². The molecule has 1 aromatic carbocycles. The molecule has 6 rings (SSSR count). The predicted octanol–water partition coefficient (Wildman–Crippen LogP) is 4.43. The quantitative estimate of drug-likeness (QED) is 0.759. The van der Waals surface area contributed by atoms with E-state index in [2.05, 4.69) is 45.2 Å². The van der Waals surface area contributed by atoms with E-state index in [1.807, 2.05) is 24.4 Å². The molecule has 1 N–H and O–H groups in total. The second-order valence-corrected chi connectivity index (χ2v) is 6.93. The van der Waals surface area contributed by atoms with Gasteiger partial charge >= 0.3 is 0 Å². The highest BCUT2D eigenvalue weighted by Gasteiger charge is 2.30. The minimum atomic E-state index is 0.707. The molecule has 0 spiro atoms. The number of nitrogens with one attached hydrogen (secondary N) is 1. The molecule has 0 radical (unpaired) electrons. The maximum absolute atomic E-state index is 4.38. The third kappa shape index (κ3) is 2.28. The highest BCUT2D eigenvalue weighted by Crippen LogP contribution is 2.39. The van der Waals surface area contributed by atoms with Crippen LogP contribution in [0, 0.1) is 0 Å². The summed E-state index contributed by atoms with van der Waals surface area (Å²) in [5, 5.41) is 1.40. The van der Waals surface area contributed by atoms with Crippen molar-refractivity contribution in [2.24, 2.45) is 0 Å². The Balaban J connectivity index is 1.61. The summed E-state index contributed by atoms with van der Waals surface area (Å²) in [5.41, 5.74) is 6.54. The van der Waals surface area contributed by atoms with E-state index in [0.29, 0.717) is 5.92 Å². The van der Waals surface area contributed by atoms with Crippen LogP contribution in [-0.2, 0) is 6.54 Å². The molecule has 2 bridgehead atoms. The Kier molecular flexibility index (Phi) is 3.27. The molecular formula is C21H21N3. The Bertz CT molecular complexity index is 899. The van der Waals surface area contributed by atoms with Gasteiger partial charge in [-0.2, -0.15) is 0 Å². The van der Waals surface area contributed by atoms with Crippen LogP contribution in [0.1, 0.15) is 41.3 Å². The number of fused-ring (bicyclic) bond motifs is 3. The van der Waals surface area contributed by atoms with Crippen molar-refractivity contribution < 1.29 is 0 Å². The first-order valence-electron chi connectivity index (χ1n) is 8.83.